The molecule has 0 aromatic carbocycles. The van der Waals surface area contributed by atoms with Crippen LogP contribution in [-0.2, 0) is 23.1 Å². The lowest BCUT2D eigenvalue weighted by molar-refractivity contribution is 0.0926. The quantitative estimate of drug-likeness (QED) is 0.360. The number of hydrogen-bond acceptors (Lipinski definition) is 8. The van der Waals surface area contributed by atoms with Crippen LogP contribution < -0.4 is 16.0 Å². The van der Waals surface area contributed by atoms with E-state index in [1.807, 2.05) is 0 Å². The van der Waals surface area contributed by atoms with Crippen LogP contribution in [0, 0.1) is 0 Å². The number of aromatic nitrogens is 5. The van der Waals surface area contributed by atoms with E-state index in [1.165, 1.54) is 15.3 Å². The van der Waals surface area contributed by atoms with Gasteiger partial charge >= 0.3 is 11.1 Å². The van der Waals surface area contributed by atoms with Crippen molar-refractivity contribution >= 4 is 28.7 Å². The van der Waals surface area contributed by atoms with Crippen molar-refractivity contribution in [1.29, 1.82) is 0 Å². The molecular formula is C22H27ClN6O4. The maximum atomic E-state index is 12.8. The minimum Gasteiger partial charge on any atom is -0.385 e. The van der Waals surface area contributed by atoms with E-state index in [0.29, 0.717) is 67.9 Å². The van der Waals surface area contributed by atoms with Gasteiger partial charge in [-0.1, -0.05) is 11.6 Å². The highest BCUT2D eigenvalue weighted by molar-refractivity contribution is 6.31. The molecule has 1 aliphatic rings. The Bertz CT molecular complexity index is 1220. The zero-order chi connectivity index (χ0) is 23.4. The highest BCUT2D eigenvalue weighted by Gasteiger charge is 2.26. The fourth-order valence-electron chi connectivity index (χ4n) is 4.05. The van der Waals surface area contributed by atoms with Crippen molar-refractivity contribution in [3.63, 3.8) is 0 Å². The molecule has 0 aliphatic carbocycles. The standard InChI is InChI=1S/C22H27ClN6O4/c1-27-18-10-16(23)13-24-19(18)29(21(31)20(27)30)17-4-6-28(7-5-17)22-25-11-15(12-26-22)14-33-9-3-8-32-2/h10-13,17H,3-9,14H2,1-2H3. The van der Waals surface area contributed by atoms with Gasteiger partial charge in [-0.2, -0.15) is 0 Å². The van der Waals surface area contributed by atoms with E-state index >= 15 is 0 Å². The first-order valence-electron chi connectivity index (χ1n) is 10.9. The first kappa shape index (κ1) is 23.3. The van der Waals surface area contributed by atoms with Gasteiger partial charge in [0, 0.05) is 70.7 Å². The average Bonchev–Trinajstić information content (AvgIpc) is 2.84. The van der Waals surface area contributed by atoms with Crippen molar-refractivity contribution in [2.75, 3.05) is 38.3 Å². The molecule has 0 amide bonds. The highest BCUT2D eigenvalue weighted by Crippen LogP contribution is 2.26. The van der Waals surface area contributed by atoms with E-state index in [0.717, 1.165) is 12.0 Å². The van der Waals surface area contributed by atoms with Crippen LogP contribution in [-0.4, -0.2) is 57.5 Å². The Balaban J connectivity index is 1.44. The number of methoxy groups -OCH3 is 1. The number of piperidine rings is 1. The summed E-state index contributed by atoms with van der Waals surface area (Å²) in [6.45, 7) is 3.08. The number of hydrogen-bond donors (Lipinski definition) is 0. The van der Waals surface area contributed by atoms with E-state index in [4.69, 9.17) is 21.1 Å². The number of aryl methyl sites for hydroxylation is 1. The number of nitrogens with zero attached hydrogens (tertiary/aromatic N) is 6. The third kappa shape index (κ3) is 5.07. The van der Waals surface area contributed by atoms with Gasteiger partial charge in [-0.3, -0.25) is 14.2 Å². The van der Waals surface area contributed by atoms with E-state index in [9.17, 15) is 9.59 Å². The lowest BCUT2D eigenvalue weighted by Gasteiger charge is -2.33. The molecule has 0 atom stereocenters. The van der Waals surface area contributed by atoms with Gasteiger partial charge in [0.1, 0.15) is 0 Å². The van der Waals surface area contributed by atoms with Crippen molar-refractivity contribution in [1.82, 2.24) is 24.1 Å². The summed E-state index contributed by atoms with van der Waals surface area (Å²) in [5.74, 6) is 0.641. The van der Waals surface area contributed by atoms with Crippen molar-refractivity contribution in [2.45, 2.75) is 31.9 Å². The summed E-state index contributed by atoms with van der Waals surface area (Å²) in [6, 6.07) is 1.52. The number of halogens is 1. The molecule has 1 aliphatic heterocycles. The van der Waals surface area contributed by atoms with Crippen LogP contribution in [0.4, 0.5) is 5.95 Å². The molecule has 4 rings (SSSR count). The van der Waals surface area contributed by atoms with Crippen LogP contribution in [0.5, 0.6) is 0 Å². The fraction of sp³-hybridized carbons (Fsp3) is 0.500. The molecular weight excluding hydrogens is 448 g/mol. The van der Waals surface area contributed by atoms with E-state index in [1.54, 1.807) is 32.6 Å². The summed E-state index contributed by atoms with van der Waals surface area (Å²) in [6.07, 6.45) is 7.23. The zero-order valence-corrected chi connectivity index (χ0v) is 19.5. The predicted octanol–water partition coefficient (Wildman–Crippen LogP) is 1.93. The fourth-order valence-corrected chi connectivity index (χ4v) is 4.20. The summed E-state index contributed by atoms with van der Waals surface area (Å²) >= 11 is 6.07. The lowest BCUT2D eigenvalue weighted by atomic mass is 10.0. The average molecular weight is 475 g/mol. The van der Waals surface area contributed by atoms with Gasteiger partial charge in [-0.25, -0.2) is 15.0 Å². The van der Waals surface area contributed by atoms with Gasteiger partial charge in [-0.15, -0.1) is 0 Å². The maximum absolute atomic E-state index is 12.8. The number of ether oxygens (including phenoxy) is 2. The summed E-state index contributed by atoms with van der Waals surface area (Å²) in [5, 5.41) is 0.415. The molecule has 0 N–H and O–H groups in total. The van der Waals surface area contributed by atoms with Crippen molar-refractivity contribution in [3.8, 4) is 0 Å². The second kappa shape index (κ2) is 10.4. The number of anilines is 1. The molecule has 0 unspecified atom stereocenters. The van der Waals surface area contributed by atoms with Crippen LogP contribution in [0.2, 0.25) is 5.02 Å². The Kier molecular flexibility index (Phi) is 7.36. The molecule has 0 saturated carbocycles. The molecule has 3 aromatic rings. The Hall–Kier alpha value is -2.82. The van der Waals surface area contributed by atoms with Crippen molar-refractivity contribution in [2.24, 2.45) is 7.05 Å². The summed E-state index contributed by atoms with van der Waals surface area (Å²) < 4.78 is 13.4. The molecule has 4 heterocycles. The Morgan fingerprint density at radius 2 is 1.79 bits per heavy atom. The van der Waals surface area contributed by atoms with E-state index in [-0.39, 0.29) is 6.04 Å². The lowest BCUT2D eigenvalue weighted by Crippen LogP contribution is -2.45. The predicted molar refractivity (Wildman–Crippen MR) is 125 cm³/mol. The molecule has 0 radical (unpaired) electrons. The molecule has 10 nitrogen and oxygen atoms in total. The molecule has 0 bridgehead atoms. The minimum atomic E-state index is -0.586. The molecule has 3 aromatic heterocycles. The monoisotopic (exact) mass is 474 g/mol. The number of pyridine rings is 1. The Morgan fingerprint density at radius 3 is 2.48 bits per heavy atom. The smallest absolute Gasteiger partial charge is 0.318 e. The van der Waals surface area contributed by atoms with Crippen LogP contribution in [0.3, 0.4) is 0 Å². The van der Waals surface area contributed by atoms with Gasteiger partial charge in [-0.05, 0) is 25.3 Å². The molecule has 176 valence electrons. The van der Waals surface area contributed by atoms with Gasteiger partial charge < -0.3 is 18.9 Å². The first-order chi connectivity index (χ1) is 16.0. The largest absolute Gasteiger partial charge is 0.385 e. The summed E-state index contributed by atoms with van der Waals surface area (Å²) in [4.78, 5) is 40.7. The normalized spacial score (nSPS) is 14.8. The SMILES string of the molecule is COCCCOCc1cnc(N2CCC(n3c(=O)c(=O)n(C)c4cc(Cl)cnc43)CC2)nc1. The van der Waals surface area contributed by atoms with Crippen LogP contribution in [0.25, 0.3) is 11.2 Å². The van der Waals surface area contributed by atoms with Crippen LogP contribution >= 0.6 is 11.6 Å². The summed E-state index contributed by atoms with van der Waals surface area (Å²) in [7, 11) is 3.23. The van der Waals surface area contributed by atoms with Gasteiger partial charge in [0.25, 0.3) is 0 Å². The van der Waals surface area contributed by atoms with Crippen molar-refractivity contribution in [3.05, 3.63) is 56.0 Å². The highest BCUT2D eigenvalue weighted by atomic mass is 35.5. The Morgan fingerprint density at radius 1 is 1.06 bits per heavy atom. The second-order valence-corrected chi connectivity index (χ2v) is 8.48. The first-order valence-corrected chi connectivity index (χ1v) is 11.3. The number of rotatable bonds is 8. The Labute approximate surface area is 195 Å². The van der Waals surface area contributed by atoms with E-state index < -0.39 is 11.1 Å². The third-order valence-corrected chi connectivity index (χ3v) is 6.03. The van der Waals surface area contributed by atoms with Crippen LogP contribution in [0.15, 0.2) is 34.2 Å². The van der Waals surface area contributed by atoms with Crippen molar-refractivity contribution < 1.29 is 9.47 Å². The molecule has 33 heavy (non-hydrogen) atoms. The van der Waals surface area contributed by atoms with E-state index in [2.05, 4.69) is 19.9 Å². The third-order valence-electron chi connectivity index (χ3n) is 5.82. The number of fused-ring (bicyclic) bond motifs is 1. The molecule has 0 spiro atoms. The van der Waals surface area contributed by atoms with Crippen LogP contribution in [0.1, 0.15) is 30.9 Å². The van der Waals surface area contributed by atoms with Gasteiger partial charge in [0.2, 0.25) is 5.95 Å². The molecule has 11 heteroatoms. The topological polar surface area (TPSA) is 104 Å². The maximum Gasteiger partial charge on any atom is 0.318 e. The van der Waals surface area contributed by atoms with Gasteiger partial charge in [0.05, 0.1) is 17.1 Å². The second-order valence-electron chi connectivity index (χ2n) is 8.04. The van der Waals surface area contributed by atoms with Gasteiger partial charge in [0.15, 0.2) is 5.65 Å². The summed E-state index contributed by atoms with van der Waals surface area (Å²) in [5.41, 5.74) is 0.768. The minimum absolute atomic E-state index is 0.140. The molecule has 1 saturated heterocycles. The molecule has 1 fully saturated rings. The zero-order valence-electron chi connectivity index (χ0n) is 18.7.